The molecular formula is C34H34FN3OS. The van der Waals surface area contributed by atoms with Gasteiger partial charge < -0.3 is 5.73 Å². The maximum atomic E-state index is 13.9. The van der Waals surface area contributed by atoms with Crippen LogP contribution in [0.2, 0.25) is 0 Å². The summed E-state index contributed by atoms with van der Waals surface area (Å²) in [6, 6.07) is 23.1. The van der Waals surface area contributed by atoms with Crippen molar-refractivity contribution in [2.45, 2.75) is 58.0 Å². The predicted molar refractivity (Wildman–Crippen MR) is 161 cm³/mol. The molecule has 1 aliphatic heterocycles. The molecule has 40 heavy (non-hydrogen) atoms. The largest absolute Gasteiger partial charge is 0.384 e. The van der Waals surface area contributed by atoms with E-state index in [1.807, 2.05) is 24.8 Å². The van der Waals surface area contributed by atoms with Crippen LogP contribution in [0.15, 0.2) is 89.4 Å². The number of allylic oxidation sites excluding steroid dienone is 3. The lowest BCUT2D eigenvalue weighted by molar-refractivity contribution is -0.118. The molecule has 2 N–H and O–H groups in total. The molecule has 0 fully saturated rings. The Morgan fingerprint density at radius 1 is 1.02 bits per heavy atom. The zero-order chi connectivity index (χ0) is 28.6. The maximum Gasteiger partial charge on any atom is 0.162 e. The van der Waals surface area contributed by atoms with Gasteiger partial charge in [0.15, 0.2) is 5.78 Å². The van der Waals surface area contributed by atoms with Crippen molar-refractivity contribution in [3.8, 4) is 6.07 Å². The second-order valence-electron chi connectivity index (χ2n) is 11.6. The molecule has 0 bridgehead atoms. The monoisotopic (exact) mass is 551 g/mol. The van der Waals surface area contributed by atoms with Crippen LogP contribution in [0.5, 0.6) is 0 Å². The lowest BCUT2D eigenvalue weighted by atomic mass is 9.68. The topological polar surface area (TPSA) is 70.1 Å². The Morgan fingerprint density at radius 3 is 2.40 bits per heavy atom. The molecular weight excluding hydrogens is 517 g/mol. The third-order valence-corrected chi connectivity index (χ3v) is 8.92. The first kappa shape index (κ1) is 27.7. The van der Waals surface area contributed by atoms with Crippen LogP contribution < -0.4 is 10.6 Å². The van der Waals surface area contributed by atoms with Crippen LogP contribution in [0.3, 0.4) is 0 Å². The molecule has 0 saturated heterocycles. The summed E-state index contributed by atoms with van der Waals surface area (Å²) in [6.45, 7) is 8.30. The van der Waals surface area contributed by atoms with Crippen LogP contribution in [0, 0.1) is 36.4 Å². The number of thioether (sulfide) groups is 1. The van der Waals surface area contributed by atoms with Crippen LogP contribution >= 0.6 is 11.8 Å². The van der Waals surface area contributed by atoms with Crippen molar-refractivity contribution in [3.05, 3.63) is 123 Å². The number of hydrogen-bond acceptors (Lipinski definition) is 5. The summed E-state index contributed by atoms with van der Waals surface area (Å²) in [7, 11) is 0. The van der Waals surface area contributed by atoms with Gasteiger partial charge in [0.05, 0.1) is 17.6 Å². The Bertz CT molecular complexity index is 1570. The first-order valence-electron chi connectivity index (χ1n) is 13.5. The highest BCUT2D eigenvalue weighted by Gasteiger charge is 2.45. The number of rotatable bonds is 6. The van der Waals surface area contributed by atoms with E-state index < -0.39 is 5.92 Å². The minimum absolute atomic E-state index is 0.0311. The molecule has 0 radical (unpaired) electrons. The van der Waals surface area contributed by atoms with E-state index in [0.29, 0.717) is 35.5 Å². The third-order valence-electron chi connectivity index (χ3n) is 7.87. The highest BCUT2D eigenvalue weighted by Crippen LogP contribution is 2.51. The van der Waals surface area contributed by atoms with E-state index in [1.54, 1.807) is 17.0 Å². The zero-order valence-electron chi connectivity index (χ0n) is 23.4. The number of ketones is 1. The van der Waals surface area contributed by atoms with Gasteiger partial charge in [0.1, 0.15) is 11.6 Å². The Hall–Kier alpha value is -3.82. The van der Waals surface area contributed by atoms with Gasteiger partial charge in [0, 0.05) is 34.9 Å². The van der Waals surface area contributed by atoms with Crippen LogP contribution in [0.4, 0.5) is 10.1 Å². The van der Waals surface area contributed by atoms with E-state index in [9.17, 15) is 14.4 Å². The number of nitrogens with zero attached hydrogens (tertiary/aromatic N) is 2. The van der Waals surface area contributed by atoms with E-state index in [4.69, 9.17) is 5.73 Å². The van der Waals surface area contributed by atoms with Crippen LogP contribution in [0.25, 0.3) is 0 Å². The molecule has 1 atom stereocenters. The Balaban J connectivity index is 1.61. The van der Waals surface area contributed by atoms with Gasteiger partial charge in [-0.3, -0.25) is 9.69 Å². The summed E-state index contributed by atoms with van der Waals surface area (Å²) < 4.78 is 13.8. The van der Waals surface area contributed by atoms with Gasteiger partial charge in [-0.1, -0.05) is 56.3 Å². The van der Waals surface area contributed by atoms with E-state index >= 15 is 0 Å². The fourth-order valence-corrected chi connectivity index (χ4v) is 7.00. The van der Waals surface area contributed by atoms with E-state index in [2.05, 4.69) is 63.2 Å². The van der Waals surface area contributed by atoms with Crippen molar-refractivity contribution in [1.29, 1.82) is 5.26 Å². The van der Waals surface area contributed by atoms with Crippen LogP contribution in [-0.4, -0.2) is 5.78 Å². The lowest BCUT2D eigenvalue weighted by Crippen LogP contribution is -2.42. The average Bonchev–Trinajstić information content (AvgIpc) is 2.90. The summed E-state index contributed by atoms with van der Waals surface area (Å²) >= 11 is 1.84. The van der Waals surface area contributed by atoms with Gasteiger partial charge in [-0.2, -0.15) is 17.0 Å². The maximum absolute atomic E-state index is 13.9. The molecule has 6 heteroatoms. The van der Waals surface area contributed by atoms with E-state index in [0.717, 1.165) is 28.3 Å². The number of hydrogen-bond donors (Lipinski definition) is 1. The van der Waals surface area contributed by atoms with Crippen molar-refractivity contribution in [3.63, 3.8) is 0 Å². The average molecular weight is 552 g/mol. The van der Waals surface area contributed by atoms with Gasteiger partial charge in [0.25, 0.3) is 0 Å². The number of anilines is 1. The standard InChI is InChI=1S/C34H34FN3OS/c1-21-14-22(2)27(15-24(21)20-40-19-23-8-6-5-7-9-23)31-28(18-36)33(37)38(26-12-10-25(35)11-13-26)29-16-34(3,4)17-30(39)32(29)31/h5-15,31H,16-17,19-20,37H2,1-4H3. The fourth-order valence-electron chi connectivity index (χ4n) is 5.94. The van der Waals surface area contributed by atoms with Crippen molar-refractivity contribution in [1.82, 2.24) is 0 Å². The first-order valence-corrected chi connectivity index (χ1v) is 14.7. The van der Waals surface area contributed by atoms with Crippen LogP contribution in [-0.2, 0) is 16.3 Å². The molecule has 204 valence electrons. The summed E-state index contributed by atoms with van der Waals surface area (Å²) in [5.41, 5.74) is 14.5. The SMILES string of the molecule is Cc1cc(C)c(C2C(C#N)=C(N)N(c3ccc(F)cc3)C3=C2C(=O)CC(C)(C)C3)cc1CSCc1ccccc1. The van der Waals surface area contributed by atoms with Crippen molar-refractivity contribution >= 4 is 23.2 Å². The molecule has 1 heterocycles. The fraction of sp³-hybridized carbons (Fsp3) is 0.294. The molecule has 3 aromatic carbocycles. The molecule has 2 aliphatic rings. The Labute approximate surface area is 240 Å². The molecule has 0 amide bonds. The zero-order valence-corrected chi connectivity index (χ0v) is 24.2. The Kier molecular flexibility index (Phi) is 7.61. The van der Waals surface area contributed by atoms with Gasteiger partial charge in [-0.25, -0.2) is 4.39 Å². The predicted octanol–water partition coefficient (Wildman–Crippen LogP) is 7.82. The third kappa shape index (κ3) is 5.31. The van der Waals surface area contributed by atoms with Crippen LogP contribution in [0.1, 0.15) is 60.4 Å². The van der Waals surface area contributed by atoms with Gasteiger partial charge in [-0.15, -0.1) is 0 Å². The van der Waals surface area contributed by atoms with Gasteiger partial charge >= 0.3 is 0 Å². The quantitative estimate of drug-likeness (QED) is 0.338. The Morgan fingerprint density at radius 2 is 1.73 bits per heavy atom. The molecule has 0 aromatic heterocycles. The molecule has 1 aliphatic carbocycles. The second-order valence-corrected chi connectivity index (χ2v) is 12.6. The van der Waals surface area contributed by atoms with Crippen molar-refractivity contribution < 1.29 is 9.18 Å². The number of nitriles is 1. The second kappa shape index (κ2) is 11.0. The summed E-state index contributed by atoms with van der Waals surface area (Å²) in [5.74, 6) is 1.14. The number of nitrogens with two attached hydrogens (primary N) is 1. The van der Waals surface area contributed by atoms with Crippen molar-refractivity contribution in [2.75, 3.05) is 4.90 Å². The number of aryl methyl sites for hydroxylation is 2. The van der Waals surface area contributed by atoms with E-state index in [1.165, 1.54) is 28.8 Å². The summed E-state index contributed by atoms with van der Waals surface area (Å²) in [4.78, 5) is 15.7. The first-order chi connectivity index (χ1) is 19.1. The summed E-state index contributed by atoms with van der Waals surface area (Å²) in [5, 5.41) is 10.5. The highest BCUT2D eigenvalue weighted by atomic mass is 32.2. The number of benzene rings is 3. The molecule has 0 saturated carbocycles. The number of Topliss-reactive ketones (excluding diaryl/α,β-unsaturated/α-hetero) is 1. The molecule has 3 aromatic rings. The minimum atomic E-state index is -0.543. The summed E-state index contributed by atoms with van der Waals surface area (Å²) in [6.07, 6.45) is 1.01. The van der Waals surface area contributed by atoms with Gasteiger partial charge in [-0.05, 0) is 77.8 Å². The normalized spacial score (nSPS) is 18.6. The van der Waals surface area contributed by atoms with Gasteiger partial charge in [0.2, 0.25) is 0 Å². The number of carbonyl (C=O) groups is 1. The number of carbonyl (C=O) groups excluding carboxylic acids is 1. The highest BCUT2D eigenvalue weighted by molar-refractivity contribution is 7.97. The lowest BCUT2D eigenvalue weighted by Gasteiger charge is -2.44. The minimum Gasteiger partial charge on any atom is -0.384 e. The number of halogens is 1. The van der Waals surface area contributed by atoms with Crippen molar-refractivity contribution in [2.24, 2.45) is 11.1 Å². The molecule has 1 unspecified atom stereocenters. The molecule has 4 nitrogen and oxygen atoms in total. The molecule has 5 rings (SSSR count). The molecule has 0 spiro atoms. The van der Waals surface area contributed by atoms with E-state index in [-0.39, 0.29) is 17.0 Å². The smallest absolute Gasteiger partial charge is 0.162 e.